The van der Waals surface area contributed by atoms with E-state index in [0.29, 0.717) is 24.7 Å². The molecule has 7 heteroatoms. The Balaban J connectivity index is 1.85. The van der Waals surface area contributed by atoms with Crippen LogP contribution in [0.2, 0.25) is 0 Å². The van der Waals surface area contributed by atoms with E-state index in [-0.39, 0.29) is 17.4 Å². The number of hydrogen-bond donors (Lipinski definition) is 0. The van der Waals surface area contributed by atoms with Crippen LogP contribution in [-0.2, 0) is 4.74 Å². The van der Waals surface area contributed by atoms with Gasteiger partial charge in [-0.05, 0) is 24.3 Å². The van der Waals surface area contributed by atoms with E-state index < -0.39 is 10.8 Å². The van der Waals surface area contributed by atoms with Crippen LogP contribution in [-0.4, -0.2) is 37.2 Å². The zero-order valence-corrected chi connectivity index (χ0v) is 13.0. The van der Waals surface area contributed by atoms with Gasteiger partial charge < -0.3 is 14.4 Å². The Hall–Kier alpha value is -2.93. The van der Waals surface area contributed by atoms with Crippen LogP contribution in [0.1, 0.15) is 10.4 Å². The highest BCUT2D eigenvalue weighted by atomic mass is 16.6. The van der Waals surface area contributed by atoms with Gasteiger partial charge in [0, 0.05) is 12.7 Å². The summed E-state index contributed by atoms with van der Waals surface area (Å²) in [6.45, 7) is 0.981. The number of carbonyl (C=O) groups excluding carboxylic acids is 1. The maximum Gasteiger partial charge on any atom is 0.285 e. The first-order valence-electron chi connectivity index (χ1n) is 7.42. The van der Waals surface area contributed by atoms with Crippen LogP contribution < -0.4 is 9.64 Å². The highest BCUT2D eigenvalue weighted by Gasteiger charge is 2.26. The van der Waals surface area contributed by atoms with Crippen molar-refractivity contribution in [2.24, 2.45) is 0 Å². The molecule has 3 rings (SSSR count). The van der Waals surface area contributed by atoms with Crippen LogP contribution in [0.3, 0.4) is 0 Å². The quantitative estimate of drug-likeness (QED) is 0.462. The van der Waals surface area contributed by atoms with E-state index >= 15 is 0 Å². The summed E-state index contributed by atoms with van der Waals surface area (Å²) in [5.41, 5.74) is 0.390. The van der Waals surface area contributed by atoms with Crippen molar-refractivity contribution in [3.8, 4) is 5.75 Å². The molecular weight excluding hydrogens is 312 g/mol. The Kier molecular flexibility index (Phi) is 4.43. The van der Waals surface area contributed by atoms with E-state index in [4.69, 9.17) is 9.47 Å². The summed E-state index contributed by atoms with van der Waals surface area (Å²) in [7, 11) is 1.58. The van der Waals surface area contributed by atoms with E-state index in [1.54, 1.807) is 37.4 Å². The Morgan fingerprint density at radius 3 is 2.67 bits per heavy atom. The molecule has 2 aromatic carbocycles. The van der Waals surface area contributed by atoms with Crippen molar-refractivity contribution in [2.45, 2.75) is 6.10 Å². The molecule has 0 N–H and O–H groups in total. The summed E-state index contributed by atoms with van der Waals surface area (Å²) >= 11 is 0. The molecule has 124 valence electrons. The van der Waals surface area contributed by atoms with Crippen LogP contribution >= 0.6 is 0 Å². The third kappa shape index (κ3) is 3.52. The first-order chi connectivity index (χ1) is 11.6. The number of carbonyl (C=O) groups is 1. The molecule has 2 aromatic rings. The monoisotopic (exact) mass is 328 g/mol. The lowest BCUT2D eigenvalue weighted by atomic mass is 10.1. The van der Waals surface area contributed by atoms with Gasteiger partial charge in [0.25, 0.3) is 11.6 Å². The standard InChI is InChI=1S/C17H16N2O5/c1-18(12-5-3-2-4-6-12)17(20)15-8-7-13(9-16(15)19(21)22)23-10-14-11-24-14/h2-9,14H,10-11H2,1H3. The molecule has 0 saturated carbocycles. The predicted octanol–water partition coefficient (Wildman–Crippen LogP) is 2.65. The fraction of sp³-hybridized carbons (Fsp3) is 0.235. The Labute approximate surface area is 138 Å². The number of nitrogens with zero attached hydrogens (tertiary/aromatic N) is 2. The lowest BCUT2D eigenvalue weighted by Crippen LogP contribution is -2.26. The molecule has 24 heavy (non-hydrogen) atoms. The largest absolute Gasteiger partial charge is 0.491 e. The summed E-state index contributed by atoms with van der Waals surface area (Å²) in [4.78, 5) is 24.8. The molecule has 7 nitrogen and oxygen atoms in total. The third-order valence-electron chi connectivity index (χ3n) is 3.68. The van der Waals surface area contributed by atoms with Crippen LogP contribution in [0, 0.1) is 10.1 Å². The van der Waals surface area contributed by atoms with E-state index in [2.05, 4.69) is 0 Å². The molecule has 1 amide bonds. The summed E-state index contributed by atoms with van der Waals surface area (Å²) in [6, 6.07) is 13.2. The minimum atomic E-state index is -0.577. The second kappa shape index (κ2) is 6.67. The second-order valence-corrected chi connectivity index (χ2v) is 5.40. The van der Waals surface area contributed by atoms with E-state index in [1.165, 1.54) is 17.0 Å². The number of ether oxygens (including phenoxy) is 2. The van der Waals surface area contributed by atoms with Gasteiger partial charge in [0.15, 0.2) is 0 Å². The van der Waals surface area contributed by atoms with Crippen LogP contribution in [0.4, 0.5) is 11.4 Å². The first-order valence-corrected chi connectivity index (χ1v) is 7.42. The molecule has 1 aliphatic rings. The summed E-state index contributed by atoms with van der Waals surface area (Å²) < 4.78 is 10.5. The van der Waals surface area contributed by atoms with Crippen molar-refractivity contribution in [1.82, 2.24) is 0 Å². The molecule has 0 aromatic heterocycles. The number of amides is 1. The number of nitro groups is 1. The van der Waals surface area contributed by atoms with Gasteiger partial charge in [-0.25, -0.2) is 0 Å². The molecule has 1 aliphatic heterocycles. The lowest BCUT2D eigenvalue weighted by Gasteiger charge is -2.17. The van der Waals surface area contributed by atoms with E-state index in [9.17, 15) is 14.9 Å². The number of nitro benzene ring substituents is 1. The molecule has 0 radical (unpaired) electrons. The van der Waals surface area contributed by atoms with Gasteiger partial charge in [-0.15, -0.1) is 0 Å². The summed E-state index contributed by atoms with van der Waals surface area (Å²) in [5.74, 6) is -0.110. The number of benzene rings is 2. The van der Waals surface area contributed by atoms with Crippen molar-refractivity contribution < 1.29 is 19.2 Å². The average Bonchev–Trinajstić information content (AvgIpc) is 3.43. The van der Waals surface area contributed by atoms with Gasteiger partial charge in [-0.2, -0.15) is 0 Å². The summed E-state index contributed by atoms with van der Waals surface area (Å²) in [6.07, 6.45) is 0.0505. The van der Waals surface area contributed by atoms with Gasteiger partial charge in [-0.3, -0.25) is 14.9 Å². The van der Waals surface area contributed by atoms with Gasteiger partial charge >= 0.3 is 0 Å². The van der Waals surface area contributed by atoms with Crippen molar-refractivity contribution in [3.05, 3.63) is 64.2 Å². The molecule has 1 atom stereocenters. The Bertz CT molecular complexity index is 759. The smallest absolute Gasteiger partial charge is 0.285 e. The van der Waals surface area contributed by atoms with Crippen molar-refractivity contribution in [2.75, 3.05) is 25.2 Å². The van der Waals surface area contributed by atoms with E-state index in [0.717, 1.165) is 0 Å². The Morgan fingerprint density at radius 2 is 2.04 bits per heavy atom. The molecular formula is C17H16N2O5. The number of epoxide rings is 1. The average molecular weight is 328 g/mol. The molecule has 0 spiro atoms. The Morgan fingerprint density at radius 1 is 1.33 bits per heavy atom. The molecule has 1 heterocycles. The molecule has 1 saturated heterocycles. The van der Waals surface area contributed by atoms with Gasteiger partial charge in [0.2, 0.25) is 0 Å². The molecule has 0 aliphatic carbocycles. The van der Waals surface area contributed by atoms with Gasteiger partial charge in [-0.1, -0.05) is 18.2 Å². The number of rotatable bonds is 6. The minimum Gasteiger partial charge on any atom is -0.491 e. The number of para-hydroxylation sites is 1. The lowest BCUT2D eigenvalue weighted by molar-refractivity contribution is -0.385. The SMILES string of the molecule is CN(C(=O)c1ccc(OCC2CO2)cc1[N+](=O)[O-])c1ccccc1. The highest BCUT2D eigenvalue weighted by Crippen LogP contribution is 2.27. The number of anilines is 1. The van der Waals surface area contributed by atoms with Gasteiger partial charge in [0.1, 0.15) is 24.0 Å². The van der Waals surface area contributed by atoms with Crippen molar-refractivity contribution in [3.63, 3.8) is 0 Å². The van der Waals surface area contributed by atoms with E-state index in [1.807, 2.05) is 6.07 Å². The topological polar surface area (TPSA) is 85.2 Å². The summed E-state index contributed by atoms with van der Waals surface area (Å²) in [5, 5.41) is 11.3. The van der Waals surface area contributed by atoms with Crippen molar-refractivity contribution >= 4 is 17.3 Å². The minimum absolute atomic E-state index is 0.0152. The van der Waals surface area contributed by atoms with Crippen LogP contribution in [0.15, 0.2) is 48.5 Å². The van der Waals surface area contributed by atoms with Gasteiger partial charge in [0.05, 0.1) is 17.6 Å². The molecule has 0 bridgehead atoms. The molecule has 1 unspecified atom stereocenters. The first kappa shape index (κ1) is 15.9. The predicted molar refractivity (Wildman–Crippen MR) is 87.5 cm³/mol. The second-order valence-electron chi connectivity index (χ2n) is 5.40. The normalized spacial score (nSPS) is 15.6. The fourth-order valence-electron chi connectivity index (χ4n) is 2.24. The zero-order chi connectivity index (χ0) is 17.1. The maximum atomic E-state index is 12.6. The molecule has 1 fully saturated rings. The van der Waals surface area contributed by atoms with Crippen LogP contribution in [0.5, 0.6) is 5.75 Å². The van der Waals surface area contributed by atoms with Crippen LogP contribution in [0.25, 0.3) is 0 Å². The maximum absolute atomic E-state index is 12.6. The zero-order valence-electron chi connectivity index (χ0n) is 13.0. The number of hydrogen-bond acceptors (Lipinski definition) is 5. The fourth-order valence-corrected chi connectivity index (χ4v) is 2.24. The highest BCUT2D eigenvalue weighted by molar-refractivity contribution is 6.08. The van der Waals surface area contributed by atoms with Crippen molar-refractivity contribution in [1.29, 1.82) is 0 Å². The third-order valence-corrected chi connectivity index (χ3v) is 3.68.